The van der Waals surface area contributed by atoms with Crippen LogP contribution in [0.1, 0.15) is 32.0 Å². The Morgan fingerprint density at radius 3 is 3.06 bits per heavy atom. The number of hydrogen-bond acceptors (Lipinski definition) is 4. The molecular weight excluding hydrogens is 230 g/mol. The average molecular weight is 247 g/mol. The van der Waals surface area contributed by atoms with Crippen LogP contribution in [0.2, 0.25) is 0 Å². The highest BCUT2D eigenvalue weighted by Gasteiger charge is 2.21. The second kappa shape index (κ2) is 4.12. The van der Waals surface area contributed by atoms with Crippen molar-refractivity contribution in [3.05, 3.63) is 22.4 Å². The summed E-state index contributed by atoms with van der Waals surface area (Å²) in [5, 5.41) is 9.84. The maximum atomic E-state index is 11.5. The molecule has 6 nitrogen and oxygen atoms in total. The summed E-state index contributed by atoms with van der Waals surface area (Å²) in [5.41, 5.74) is 0.372. The predicted octanol–water partition coefficient (Wildman–Crippen LogP) is 1.33. The number of fused-ring (bicyclic) bond motifs is 1. The van der Waals surface area contributed by atoms with E-state index < -0.39 is 0 Å². The van der Waals surface area contributed by atoms with Crippen LogP contribution in [-0.2, 0) is 0 Å². The second-order valence-electron chi connectivity index (χ2n) is 5.17. The van der Waals surface area contributed by atoms with Crippen LogP contribution in [0.5, 0.6) is 0 Å². The molecule has 1 aliphatic carbocycles. The van der Waals surface area contributed by atoms with Gasteiger partial charge in [0.15, 0.2) is 5.65 Å². The lowest BCUT2D eigenvalue weighted by Gasteiger charge is -2.13. The van der Waals surface area contributed by atoms with Crippen LogP contribution in [0, 0.1) is 12.8 Å². The van der Waals surface area contributed by atoms with Crippen molar-refractivity contribution in [2.24, 2.45) is 5.92 Å². The Morgan fingerprint density at radius 2 is 2.33 bits per heavy atom. The van der Waals surface area contributed by atoms with E-state index in [-0.39, 0.29) is 5.69 Å². The summed E-state index contributed by atoms with van der Waals surface area (Å²) >= 11 is 0. The van der Waals surface area contributed by atoms with Crippen LogP contribution in [0.3, 0.4) is 0 Å². The lowest BCUT2D eigenvalue weighted by Crippen LogP contribution is -2.18. The van der Waals surface area contributed by atoms with Gasteiger partial charge in [-0.05, 0) is 32.1 Å². The van der Waals surface area contributed by atoms with Gasteiger partial charge < -0.3 is 5.32 Å². The van der Waals surface area contributed by atoms with Crippen LogP contribution < -0.4 is 11.0 Å². The summed E-state index contributed by atoms with van der Waals surface area (Å²) in [7, 11) is 0. The highest BCUT2D eigenvalue weighted by Crippen LogP contribution is 2.27. The zero-order valence-electron chi connectivity index (χ0n) is 10.6. The first-order chi connectivity index (χ1) is 8.63. The van der Waals surface area contributed by atoms with Crippen molar-refractivity contribution < 1.29 is 0 Å². The fourth-order valence-electron chi connectivity index (χ4n) is 2.72. The maximum absolute atomic E-state index is 11.5. The maximum Gasteiger partial charge on any atom is 0.349 e. The molecule has 96 valence electrons. The first-order valence-electron chi connectivity index (χ1n) is 6.35. The lowest BCUT2D eigenvalue weighted by molar-refractivity contribution is 0.602. The first-order valence-corrected chi connectivity index (χ1v) is 6.35. The number of nitrogens with zero attached hydrogens (tertiary/aromatic N) is 3. The molecule has 2 heterocycles. The molecule has 3 rings (SSSR count). The highest BCUT2D eigenvalue weighted by molar-refractivity contribution is 5.50. The van der Waals surface area contributed by atoms with Crippen molar-refractivity contribution >= 4 is 11.5 Å². The Labute approximate surface area is 104 Å². The molecule has 2 aromatic heterocycles. The molecule has 0 aliphatic heterocycles. The van der Waals surface area contributed by atoms with Gasteiger partial charge in [-0.1, -0.05) is 6.92 Å². The predicted molar refractivity (Wildman–Crippen MR) is 68.8 cm³/mol. The molecule has 1 saturated carbocycles. The fraction of sp³-hybridized carbons (Fsp3) is 0.583. The van der Waals surface area contributed by atoms with E-state index in [1.807, 2.05) is 13.0 Å². The quantitative estimate of drug-likeness (QED) is 0.839. The second-order valence-corrected chi connectivity index (χ2v) is 5.17. The number of hydrogen-bond donors (Lipinski definition) is 2. The molecule has 2 N–H and O–H groups in total. The van der Waals surface area contributed by atoms with E-state index in [1.54, 1.807) is 0 Å². The summed E-state index contributed by atoms with van der Waals surface area (Å²) in [5.74, 6) is 2.23. The van der Waals surface area contributed by atoms with Gasteiger partial charge in [-0.3, -0.25) is 0 Å². The van der Waals surface area contributed by atoms with Crippen LogP contribution >= 0.6 is 0 Å². The molecule has 2 aromatic rings. The van der Waals surface area contributed by atoms with E-state index in [9.17, 15) is 4.79 Å². The minimum absolute atomic E-state index is 0.240. The monoisotopic (exact) mass is 247 g/mol. The van der Waals surface area contributed by atoms with Crippen molar-refractivity contribution in [3.63, 3.8) is 0 Å². The molecular formula is C12H17N5O. The number of anilines is 1. The van der Waals surface area contributed by atoms with Gasteiger partial charge in [-0.25, -0.2) is 19.3 Å². The van der Waals surface area contributed by atoms with Gasteiger partial charge in [0.2, 0.25) is 0 Å². The number of nitrogens with one attached hydrogen (secondary N) is 2. The normalized spacial score (nSPS) is 23.7. The number of aromatic amines is 1. The Hall–Kier alpha value is -1.85. The molecule has 1 aliphatic rings. The topological polar surface area (TPSA) is 75.1 Å². The largest absolute Gasteiger partial charge is 0.367 e. The molecule has 2 unspecified atom stereocenters. The summed E-state index contributed by atoms with van der Waals surface area (Å²) in [6, 6.07) is 2.30. The smallest absolute Gasteiger partial charge is 0.349 e. The van der Waals surface area contributed by atoms with E-state index in [4.69, 9.17) is 0 Å². The highest BCUT2D eigenvalue weighted by atomic mass is 16.1. The molecule has 1 fully saturated rings. The molecule has 18 heavy (non-hydrogen) atoms. The summed E-state index contributed by atoms with van der Waals surface area (Å²) < 4.78 is 1.47. The lowest BCUT2D eigenvalue weighted by atomic mass is 10.1. The van der Waals surface area contributed by atoms with Gasteiger partial charge in [0, 0.05) is 12.1 Å². The van der Waals surface area contributed by atoms with Crippen molar-refractivity contribution in [2.75, 3.05) is 5.32 Å². The van der Waals surface area contributed by atoms with Crippen molar-refractivity contribution in [2.45, 2.75) is 39.2 Å². The Morgan fingerprint density at radius 1 is 1.50 bits per heavy atom. The summed E-state index contributed by atoms with van der Waals surface area (Å²) in [6.07, 6.45) is 3.63. The average Bonchev–Trinajstić information content (AvgIpc) is 2.86. The molecule has 0 spiro atoms. The zero-order valence-corrected chi connectivity index (χ0v) is 10.6. The van der Waals surface area contributed by atoms with Gasteiger partial charge in [-0.2, -0.15) is 5.10 Å². The van der Waals surface area contributed by atoms with Gasteiger partial charge in [0.1, 0.15) is 11.6 Å². The molecule has 0 radical (unpaired) electrons. The molecule has 2 atom stereocenters. The van der Waals surface area contributed by atoms with E-state index in [2.05, 4.69) is 27.4 Å². The molecule has 6 heteroatoms. The van der Waals surface area contributed by atoms with Crippen LogP contribution in [0.4, 0.5) is 5.82 Å². The van der Waals surface area contributed by atoms with E-state index >= 15 is 0 Å². The number of H-pyrrole nitrogens is 1. The molecule has 0 amide bonds. The summed E-state index contributed by atoms with van der Waals surface area (Å²) in [6.45, 7) is 4.09. The van der Waals surface area contributed by atoms with Crippen LogP contribution in [0.15, 0.2) is 10.9 Å². The minimum Gasteiger partial charge on any atom is -0.367 e. The third kappa shape index (κ3) is 1.87. The number of aryl methyl sites for hydroxylation is 1. The third-order valence-corrected chi connectivity index (χ3v) is 3.62. The number of aromatic nitrogens is 4. The Balaban J connectivity index is 1.91. The Bertz CT molecular complexity index is 629. The van der Waals surface area contributed by atoms with E-state index in [0.29, 0.717) is 17.5 Å². The first kappa shape index (κ1) is 11.3. The van der Waals surface area contributed by atoms with Crippen LogP contribution in [0.25, 0.3) is 5.65 Å². The number of rotatable bonds is 2. The fourth-order valence-corrected chi connectivity index (χ4v) is 2.72. The SMILES string of the molecule is Cc1nc(NC2CCC(C)C2)cc2n[nH]c(=O)n12. The molecule has 0 aromatic carbocycles. The summed E-state index contributed by atoms with van der Waals surface area (Å²) in [4.78, 5) is 15.9. The van der Waals surface area contributed by atoms with Gasteiger partial charge in [0.05, 0.1) is 0 Å². The van der Waals surface area contributed by atoms with Crippen molar-refractivity contribution in [3.8, 4) is 0 Å². The van der Waals surface area contributed by atoms with E-state index in [0.717, 1.165) is 11.7 Å². The van der Waals surface area contributed by atoms with Gasteiger partial charge in [-0.15, -0.1) is 0 Å². The standard InChI is InChI=1S/C12H17N5O/c1-7-3-4-9(5-7)14-10-6-11-15-16-12(18)17(11)8(2)13-10/h6-7,9,14H,3-5H2,1-2H3,(H,16,18). The van der Waals surface area contributed by atoms with Gasteiger partial charge in [0.25, 0.3) is 0 Å². The van der Waals surface area contributed by atoms with Crippen molar-refractivity contribution in [1.82, 2.24) is 19.6 Å². The van der Waals surface area contributed by atoms with Crippen LogP contribution in [-0.4, -0.2) is 25.6 Å². The molecule has 0 saturated heterocycles. The van der Waals surface area contributed by atoms with Gasteiger partial charge >= 0.3 is 5.69 Å². The third-order valence-electron chi connectivity index (χ3n) is 3.62. The molecule has 0 bridgehead atoms. The Kier molecular flexibility index (Phi) is 2.57. The van der Waals surface area contributed by atoms with E-state index in [1.165, 1.54) is 23.7 Å². The zero-order chi connectivity index (χ0) is 12.7. The van der Waals surface area contributed by atoms with Crippen molar-refractivity contribution in [1.29, 1.82) is 0 Å². The minimum atomic E-state index is -0.240.